The van der Waals surface area contributed by atoms with Crippen molar-refractivity contribution >= 4 is 5.96 Å². The number of likely N-dealkylation sites (tertiary alicyclic amines) is 1. The number of piperidine rings is 1. The van der Waals surface area contributed by atoms with Crippen molar-refractivity contribution in [1.29, 1.82) is 0 Å². The summed E-state index contributed by atoms with van der Waals surface area (Å²) in [4.78, 5) is 7.20. The first kappa shape index (κ1) is 22.4. The molecule has 2 saturated heterocycles. The third kappa shape index (κ3) is 9.74. The van der Waals surface area contributed by atoms with Crippen molar-refractivity contribution in [3.8, 4) is 0 Å². The molecule has 7 nitrogen and oxygen atoms in total. The molecule has 0 aromatic heterocycles. The van der Waals surface area contributed by atoms with Gasteiger partial charge in [0.05, 0.1) is 6.61 Å². The number of guanidine groups is 1. The highest BCUT2D eigenvalue weighted by atomic mass is 16.5. The maximum absolute atomic E-state index is 5.83. The molecule has 0 atom stereocenters. The maximum Gasteiger partial charge on any atom is 0.191 e. The van der Waals surface area contributed by atoms with E-state index in [1.807, 2.05) is 0 Å². The zero-order valence-electron chi connectivity index (χ0n) is 17.4. The van der Waals surface area contributed by atoms with E-state index in [1.54, 1.807) is 7.11 Å². The Bertz CT molecular complexity index is 395. The van der Waals surface area contributed by atoms with Gasteiger partial charge in [0.2, 0.25) is 0 Å². The standard InChI is InChI=1S/C20H40N4O3/c1-3-21-20(23-19-5-10-24(11-6-19)12-16-25-2)22-9-4-13-27-17-18-7-14-26-15-8-18/h18-19H,3-17H2,1-2H3,(H2,21,22,23). The van der Waals surface area contributed by atoms with Crippen LogP contribution in [0.4, 0.5) is 0 Å². The summed E-state index contributed by atoms with van der Waals surface area (Å²) < 4.78 is 16.4. The van der Waals surface area contributed by atoms with Crippen molar-refractivity contribution in [2.75, 3.05) is 72.9 Å². The van der Waals surface area contributed by atoms with Crippen LogP contribution in [-0.2, 0) is 14.2 Å². The fourth-order valence-electron chi connectivity index (χ4n) is 3.56. The molecule has 0 spiro atoms. The zero-order chi connectivity index (χ0) is 19.2. The number of nitrogens with zero attached hydrogens (tertiary/aromatic N) is 2. The molecule has 2 aliphatic heterocycles. The summed E-state index contributed by atoms with van der Waals surface area (Å²) in [5.41, 5.74) is 0. The molecule has 0 bridgehead atoms. The third-order valence-corrected chi connectivity index (χ3v) is 5.30. The lowest BCUT2D eigenvalue weighted by Gasteiger charge is -2.32. The molecule has 7 heteroatoms. The smallest absolute Gasteiger partial charge is 0.191 e. The Morgan fingerprint density at radius 1 is 1.15 bits per heavy atom. The second-order valence-corrected chi connectivity index (χ2v) is 7.50. The summed E-state index contributed by atoms with van der Waals surface area (Å²) in [6, 6.07) is 0.506. The Labute approximate surface area is 165 Å². The maximum atomic E-state index is 5.83. The van der Waals surface area contributed by atoms with Crippen molar-refractivity contribution in [3.05, 3.63) is 0 Å². The molecular formula is C20H40N4O3. The van der Waals surface area contributed by atoms with E-state index >= 15 is 0 Å². The van der Waals surface area contributed by atoms with E-state index in [0.29, 0.717) is 12.0 Å². The predicted octanol–water partition coefficient (Wildman–Crippen LogP) is 1.49. The van der Waals surface area contributed by atoms with Gasteiger partial charge in [-0.1, -0.05) is 0 Å². The van der Waals surface area contributed by atoms with Crippen LogP contribution in [-0.4, -0.2) is 89.8 Å². The molecule has 2 rings (SSSR count). The summed E-state index contributed by atoms with van der Waals surface area (Å²) in [7, 11) is 1.77. The summed E-state index contributed by atoms with van der Waals surface area (Å²) in [6.07, 6.45) is 5.55. The van der Waals surface area contributed by atoms with Crippen LogP contribution in [0.5, 0.6) is 0 Å². The number of rotatable bonds is 11. The largest absolute Gasteiger partial charge is 0.383 e. The Morgan fingerprint density at radius 3 is 2.63 bits per heavy atom. The van der Waals surface area contributed by atoms with Crippen LogP contribution in [0, 0.1) is 5.92 Å². The van der Waals surface area contributed by atoms with E-state index in [-0.39, 0.29) is 0 Å². The van der Waals surface area contributed by atoms with Crippen LogP contribution in [0.25, 0.3) is 0 Å². The third-order valence-electron chi connectivity index (χ3n) is 5.30. The van der Waals surface area contributed by atoms with Crippen LogP contribution < -0.4 is 10.6 Å². The van der Waals surface area contributed by atoms with Crippen molar-refractivity contribution in [3.63, 3.8) is 0 Å². The fourth-order valence-corrected chi connectivity index (χ4v) is 3.56. The highest BCUT2D eigenvalue weighted by Gasteiger charge is 2.19. The fraction of sp³-hybridized carbons (Fsp3) is 0.950. The zero-order valence-corrected chi connectivity index (χ0v) is 17.4. The predicted molar refractivity (Wildman–Crippen MR) is 109 cm³/mol. The highest BCUT2D eigenvalue weighted by molar-refractivity contribution is 5.80. The van der Waals surface area contributed by atoms with Gasteiger partial charge in [0.15, 0.2) is 5.96 Å². The second-order valence-electron chi connectivity index (χ2n) is 7.50. The molecule has 2 N–H and O–H groups in total. The van der Waals surface area contributed by atoms with Gasteiger partial charge >= 0.3 is 0 Å². The topological polar surface area (TPSA) is 67.4 Å². The van der Waals surface area contributed by atoms with E-state index in [0.717, 1.165) is 104 Å². The lowest BCUT2D eigenvalue weighted by molar-refractivity contribution is 0.0205. The minimum Gasteiger partial charge on any atom is -0.383 e. The van der Waals surface area contributed by atoms with Crippen LogP contribution in [0.1, 0.15) is 39.0 Å². The minimum atomic E-state index is 0.506. The van der Waals surface area contributed by atoms with Gasteiger partial charge in [0.25, 0.3) is 0 Å². The van der Waals surface area contributed by atoms with Gasteiger partial charge in [0, 0.05) is 72.3 Å². The van der Waals surface area contributed by atoms with Gasteiger partial charge < -0.3 is 29.7 Å². The Hall–Kier alpha value is -0.890. The summed E-state index contributed by atoms with van der Waals surface area (Å²) in [6.45, 7) is 11.3. The van der Waals surface area contributed by atoms with Crippen molar-refractivity contribution in [1.82, 2.24) is 15.5 Å². The van der Waals surface area contributed by atoms with Gasteiger partial charge in [-0.2, -0.15) is 0 Å². The summed E-state index contributed by atoms with van der Waals surface area (Å²) in [5.74, 6) is 1.62. The summed E-state index contributed by atoms with van der Waals surface area (Å²) in [5, 5.41) is 6.97. The average Bonchev–Trinajstić information content (AvgIpc) is 2.71. The lowest BCUT2D eigenvalue weighted by Crippen LogP contribution is -2.49. The van der Waals surface area contributed by atoms with Crippen LogP contribution in [0.3, 0.4) is 0 Å². The summed E-state index contributed by atoms with van der Waals surface area (Å²) >= 11 is 0. The molecule has 27 heavy (non-hydrogen) atoms. The monoisotopic (exact) mass is 384 g/mol. The van der Waals surface area contributed by atoms with Crippen molar-refractivity contribution < 1.29 is 14.2 Å². The highest BCUT2D eigenvalue weighted by Crippen LogP contribution is 2.14. The van der Waals surface area contributed by atoms with E-state index in [4.69, 9.17) is 19.2 Å². The number of hydrogen-bond donors (Lipinski definition) is 2. The SMILES string of the molecule is CCNC(=NCCCOCC1CCOCC1)NC1CCN(CCOC)CC1. The molecule has 0 radical (unpaired) electrons. The number of nitrogens with one attached hydrogen (secondary N) is 2. The van der Waals surface area contributed by atoms with E-state index in [1.165, 1.54) is 0 Å². The number of aliphatic imine (C=N–C) groups is 1. The quantitative estimate of drug-likeness (QED) is 0.320. The van der Waals surface area contributed by atoms with Crippen LogP contribution >= 0.6 is 0 Å². The molecule has 0 amide bonds. The van der Waals surface area contributed by atoms with E-state index in [2.05, 4.69) is 22.5 Å². The van der Waals surface area contributed by atoms with Gasteiger partial charge in [-0.3, -0.25) is 4.99 Å². The minimum absolute atomic E-state index is 0.506. The molecule has 2 fully saturated rings. The molecule has 2 aliphatic rings. The molecular weight excluding hydrogens is 344 g/mol. The Morgan fingerprint density at radius 2 is 1.93 bits per heavy atom. The molecule has 0 aliphatic carbocycles. The van der Waals surface area contributed by atoms with Gasteiger partial charge in [-0.15, -0.1) is 0 Å². The number of hydrogen-bond acceptors (Lipinski definition) is 5. The van der Waals surface area contributed by atoms with Crippen LogP contribution in [0.2, 0.25) is 0 Å². The van der Waals surface area contributed by atoms with E-state index < -0.39 is 0 Å². The Balaban J connectivity index is 1.58. The first-order chi connectivity index (χ1) is 13.3. The Kier molecular flexibility index (Phi) is 11.7. The second kappa shape index (κ2) is 14.2. The van der Waals surface area contributed by atoms with Gasteiger partial charge in [-0.05, 0) is 44.9 Å². The van der Waals surface area contributed by atoms with Crippen molar-refractivity contribution in [2.24, 2.45) is 10.9 Å². The van der Waals surface area contributed by atoms with Crippen molar-refractivity contribution in [2.45, 2.75) is 45.1 Å². The molecule has 0 aromatic carbocycles. The lowest BCUT2D eigenvalue weighted by atomic mass is 10.0. The van der Waals surface area contributed by atoms with Gasteiger partial charge in [-0.25, -0.2) is 0 Å². The molecule has 2 heterocycles. The molecule has 0 unspecified atom stereocenters. The average molecular weight is 385 g/mol. The first-order valence-corrected chi connectivity index (χ1v) is 10.7. The number of methoxy groups -OCH3 is 1. The first-order valence-electron chi connectivity index (χ1n) is 10.7. The number of ether oxygens (including phenoxy) is 3. The normalized spacial score (nSPS) is 20.7. The van der Waals surface area contributed by atoms with E-state index in [9.17, 15) is 0 Å². The molecule has 158 valence electrons. The molecule has 0 aromatic rings. The molecule has 0 saturated carbocycles. The van der Waals surface area contributed by atoms with Crippen LogP contribution in [0.15, 0.2) is 4.99 Å². The van der Waals surface area contributed by atoms with Gasteiger partial charge in [0.1, 0.15) is 0 Å².